The highest BCUT2D eigenvalue weighted by Crippen LogP contribution is 2.33. The summed E-state index contributed by atoms with van der Waals surface area (Å²) in [6, 6.07) is 8.06. The molecule has 0 fully saturated rings. The van der Waals surface area contributed by atoms with Gasteiger partial charge in [0.1, 0.15) is 0 Å². The quantitative estimate of drug-likeness (QED) is 0.806. The zero-order valence-electron chi connectivity index (χ0n) is 9.63. The van der Waals surface area contributed by atoms with E-state index in [0.717, 1.165) is 23.4 Å². The van der Waals surface area contributed by atoms with Crippen LogP contribution in [0, 0.1) is 0 Å². The molecule has 1 aliphatic heterocycles. The Bertz CT molecular complexity index is 613. The van der Waals surface area contributed by atoms with Crippen LogP contribution in [0.3, 0.4) is 0 Å². The molecule has 1 aromatic heterocycles. The Hall–Kier alpha value is -1.46. The molecule has 3 rings (SSSR count). The fraction of sp³-hybridized carbons (Fsp3) is 0.250. The van der Waals surface area contributed by atoms with Crippen LogP contribution in [0.25, 0.3) is 0 Å². The van der Waals surface area contributed by atoms with E-state index in [0.29, 0.717) is 9.47 Å². The number of anilines is 1. The topological polar surface area (TPSA) is 46.1 Å². The van der Waals surface area contributed by atoms with Gasteiger partial charge in [-0.2, -0.15) is 0 Å². The van der Waals surface area contributed by atoms with Crippen LogP contribution < -0.4 is 4.90 Å². The zero-order chi connectivity index (χ0) is 12.7. The summed E-state index contributed by atoms with van der Waals surface area (Å²) in [7, 11) is 0. The number of benzene rings is 1. The Balaban J connectivity index is 2.00. The van der Waals surface area contributed by atoms with E-state index in [9.17, 15) is 4.79 Å². The largest absolute Gasteiger partial charge is 0.303 e. The Morgan fingerprint density at radius 1 is 1.44 bits per heavy atom. The third-order valence-corrected chi connectivity index (χ3v) is 4.02. The lowest BCUT2D eigenvalue weighted by Gasteiger charge is -2.21. The molecule has 1 atom stereocenters. The molecule has 1 aliphatic rings. The summed E-state index contributed by atoms with van der Waals surface area (Å²) in [6.07, 6.45) is 0.869. The number of carbonyl (C=O) groups excluding carboxylic acids is 1. The van der Waals surface area contributed by atoms with Crippen molar-refractivity contribution in [3.63, 3.8) is 0 Å². The van der Waals surface area contributed by atoms with Crippen LogP contribution in [0.1, 0.15) is 22.3 Å². The minimum Gasteiger partial charge on any atom is -0.303 e. The van der Waals surface area contributed by atoms with Gasteiger partial charge in [-0.15, -0.1) is 10.2 Å². The molecular weight excluding hydrogens is 270 g/mol. The van der Waals surface area contributed by atoms with Gasteiger partial charge in [-0.05, 0) is 36.6 Å². The van der Waals surface area contributed by atoms with Gasteiger partial charge in [0.05, 0.1) is 0 Å². The van der Waals surface area contributed by atoms with E-state index < -0.39 is 0 Å². The first-order chi connectivity index (χ1) is 8.66. The maximum absolute atomic E-state index is 12.4. The Labute approximate surface area is 113 Å². The van der Waals surface area contributed by atoms with E-state index in [1.807, 2.05) is 31.2 Å². The first kappa shape index (κ1) is 11.6. The second-order valence-corrected chi connectivity index (χ2v) is 5.78. The highest BCUT2D eigenvalue weighted by atomic mass is 35.5. The van der Waals surface area contributed by atoms with Crippen LogP contribution in [0.2, 0.25) is 4.47 Å². The second kappa shape index (κ2) is 4.33. The maximum Gasteiger partial charge on any atom is 0.289 e. The zero-order valence-corrected chi connectivity index (χ0v) is 11.2. The number of amides is 1. The van der Waals surface area contributed by atoms with Crippen molar-refractivity contribution in [3.05, 3.63) is 39.3 Å². The number of hydrogen-bond donors (Lipinski definition) is 0. The van der Waals surface area contributed by atoms with Crippen LogP contribution in [0.5, 0.6) is 0 Å². The van der Waals surface area contributed by atoms with Crippen LogP contribution in [-0.4, -0.2) is 22.1 Å². The number of para-hydroxylation sites is 1. The number of carbonyl (C=O) groups is 1. The van der Waals surface area contributed by atoms with Gasteiger partial charge in [-0.3, -0.25) is 4.79 Å². The van der Waals surface area contributed by atoms with Gasteiger partial charge in [0.2, 0.25) is 9.47 Å². The summed E-state index contributed by atoms with van der Waals surface area (Å²) < 4.78 is 0.290. The minimum absolute atomic E-state index is 0.128. The first-order valence-corrected chi connectivity index (χ1v) is 6.76. The molecule has 1 amide bonds. The highest BCUT2D eigenvalue weighted by molar-refractivity contribution is 7.17. The first-order valence-electron chi connectivity index (χ1n) is 5.57. The minimum atomic E-state index is -0.128. The molecular formula is C12H10ClN3OS. The molecule has 0 bridgehead atoms. The number of fused-ring (bicyclic) bond motifs is 1. The van der Waals surface area contributed by atoms with Gasteiger partial charge in [0.25, 0.3) is 5.91 Å². The van der Waals surface area contributed by atoms with E-state index in [2.05, 4.69) is 10.2 Å². The average molecular weight is 280 g/mol. The van der Waals surface area contributed by atoms with Crippen molar-refractivity contribution in [3.8, 4) is 0 Å². The third kappa shape index (κ3) is 1.79. The smallest absolute Gasteiger partial charge is 0.289 e. The normalized spacial score (nSPS) is 17.9. The Kier molecular flexibility index (Phi) is 2.80. The molecule has 2 aromatic rings. The van der Waals surface area contributed by atoms with Crippen LogP contribution in [0.15, 0.2) is 24.3 Å². The Morgan fingerprint density at radius 2 is 2.22 bits per heavy atom. The summed E-state index contributed by atoms with van der Waals surface area (Å²) in [5.41, 5.74) is 2.15. The number of aromatic nitrogens is 2. The van der Waals surface area contributed by atoms with Crippen molar-refractivity contribution in [2.24, 2.45) is 0 Å². The van der Waals surface area contributed by atoms with Crippen molar-refractivity contribution in [1.82, 2.24) is 10.2 Å². The van der Waals surface area contributed by atoms with Gasteiger partial charge in [-0.25, -0.2) is 0 Å². The van der Waals surface area contributed by atoms with Crippen molar-refractivity contribution < 1.29 is 4.79 Å². The van der Waals surface area contributed by atoms with Crippen LogP contribution in [-0.2, 0) is 6.42 Å². The van der Waals surface area contributed by atoms with Gasteiger partial charge >= 0.3 is 0 Å². The third-order valence-electron chi connectivity index (χ3n) is 3.01. The molecule has 92 valence electrons. The number of rotatable bonds is 1. The van der Waals surface area contributed by atoms with Gasteiger partial charge < -0.3 is 4.90 Å². The summed E-state index contributed by atoms with van der Waals surface area (Å²) in [4.78, 5) is 14.2. The number of hydrogen-bond acceptors (Lipinski definition) is 4. The van der Waals surface area contributed by atoms with Gasteiger partial charge in [0, 0.05) is 11.7 Å². The molecule has 0 saturated heterocycles. The molecule has 4 nitrogen and oxygen atoms in total. The molecule has 1 unspecified atom stereocenters. The summed E-state index contributed by atoms with van der Waals surface area (Å²) in [5, 5.41) is 7.83. The number of halogens is 1. The molecule has 18 heavy (non-hydrogen) atoms. The lowest BCUT2D eigenvalue weighted by molar-refractivity contribution is 0.0980. The van der Waals surface area contributed by atoms with Crippen molar-refractivity contribution in [1.29, 1.82) is 0 Å². The molecule has 1 aromatic carbocycles. The maximum atomic E-state index is 12.4. The molecule has 0 radical (unpaired) electrons. The van der Waals surface area contributed by atoms with Gasteiger partial charge in [-0.1, -0.05) is 29.5 Å². The second-order valence-electron chi connectivity index (χ2n) is 4.22. The predicted molar refractivity (Wildman–Crippen MR) is 71.3 cm³/mol. The monoisotopic (exact) mass is 279 g/mol. The molecule has 0 aliphatic carbocycles. The van der Waals surface area contributed by atoms with Crippen LogP contribution >= 0.6 is 22.9 Å². The fourth-order valence-electron chi connectivity index (χ4n) is 2.27. The summed E-state index contributed by atoms with van der Waals surface area (Å²) >= 11 is 6.83. The van der Waals surface area contributed by atoms with Gasteiger partial charge in [0.15, 0.2) is 0 Å². The average Bonchev–Trinajstić information content (AvgIpc) is 2.91. The van der Waals surface area contributed by atoms with E-state index in [4.69, 9.17) is 11.6 Å². The Morgan fingerprint density at radius 3 is 2.94 bits per heavy atom. The van der Waals surface area contributed by atoms with Crippen molar-refractivity contribution >= 4 is 34.5 Å². The fourth-order valence-corrected chi connectivity index (χ4v) is 3.04. The lowest BCUT2D eigenvalue weighted by Crippen LogP contribution is -2.35. The van der Waals surface area contributed by atoms with E-state index in [1.165, 1.54) is 5.56 Å². The van der Waals surface area contributed by atoms with E-state index in [-0.39, 0.29) is 11.9 Å². The molecule has 0 spiro atoms. The highest BCUT2D eigenvalue weighted by Gasteiger charge is 2.32. The standard InChI is InChI=1S/C12H10ClN3OS/c1-7-6-8-4-2-3-5-9(8)16(7)11(17)10-14-15-12(13)18-10/h2-5,7H,6H2,1H3. The predicted octanol–water partition coefficient (Wildman–Crippen LogP) is 2.78. The summed E-state index contributed by atoms with van der Waals surface area (Å²) in [6.45, 7) is 2.03. The van der Waals surface area contributed by atoms with E-state index >= 15 is 0 Å². The van der Waals surface area contributed by atoms with Crippen molar-refractivity contribution in [2.45, 2.75) is 19.4 Å². The molecule has 6 heteroatoms. The number of nitrogens with zero attached hydrogens (tertiary/aromatic N) is 3. The molecule has 0 saturated carbocycles. The molecule has 0 N–H and O–H groups in total. The lowest BCUT2D eigenvalue weighted by atomic mass is 10.1. The van der Waals surface area contributed by atoms with Crippen LogP contribution in [0.4, 0.5) is 5.69 Å². The van der Waals surface area contributed by atoms with E-state index in [1.54, 1.807) is 4.90 Å². The SMILES string of the molecule is CC1Cc2ccccc2N1C(=O)c1nnc(Cl)s1. The summed E-state index contributed by atoms with van der Waals surface area (Å²) in [5.74, 6) is -0.128. The molecule has 2 heterocycles. The van der Waals surface area contributed by atoms with Crippen molar-refractivity contribution in [2.75, 3.05) is 4.90 Å².